The van der Waals surface area contributed by atoms with E-state index in [1.165, 1.54) is 18.3 Å². The van der Waals surface area contributed by atoms with E-state index >= 15 is 0 Å². The highest BCUT2D eigenvalue weighted by molar-refractivity contribution is 7.80. The number of aliphatic imine (C=N–C) groups is 2. The summed E-state index contributed by atoms with van der Waals surface area (Å²) in [7, 11) is 1.95. The normalized spacial score (nSPS) is 15.3. The summed E-state index contributed by atoms with van der Waals surface area (Å²) in [5.74, 6) is -9.60. The fourth-order valence-corrected chi connectivity index (χ4v) is 10.8. The number of nitrogens with zero attached hydrogens (tertiary/aromatic N) is 8. The molecule has 1 aliphatic heterocycles. The van der Waals surface area contributed by atoms with E-state index in [0.29, 0.717) is 82.6 Å². The van der Waals surface area contributed by atoms with E-state index in [9.17, 15) is 63.6 Å². The standard InChI is InChI=1S/C60H85N17O13S/c1-75-23-24-76(34-49(80)81)25-26-77(35-50(82)83)43(33-75)27-36-11-13-37(14-12-36)28-45(91)9-4-2-3-7-40(56(87)88)30-48(79)46(10-6-22-67-59(63)64)71-54(85)39(8-5-21-66-58(61)62)29-44(78)19-20-47(57(89)90)72-53(84)38-15-17-41(18-16-38)68-31-42-32-69-52-51(70-42)55(86)74-60(65)73-52/h11-18,32,39-40,43,46-47,68H,2-10,19-31,33-35H2,1H3,(H,71,85)(H,72,84)(H,80,81)(H,82,83)(H,87,88)(H,89,90)(H4,61,62,66)(H4,63,64,67)(H3,65,69,73,74,86)/t39-,40-,43?,46+,47+/m1/s1. The topological polar surface area (TPSA) is 490 Å². The fraction of sp³-hybridized carbons (Fsp3) is 0.517. The third kappa shape index (κ3) is 26.5. The van der Waals surface area contributed by atoms with Crippen LogP contribution in [0.25, 0.3) is 11.2 Å². The second kappa shape index (κ2) is 37.2. The van der Waals surface area contributed by atoms with E-state index in [-0.39, 0.29) is 125 Å². The smallest absolute Gasteiger partial charge is 0.326 e. The van der Waals surface area contributed by atoms with Crippen molar-refractivity contribution in [2.75, 3.05) is 77.0 Å². The molecule has 2 aromatic carbocycles. The Hall–Kier alpha value is -9.07. The molecule has 2 amide bonds. The monoisotopic (exact) mass is 1280 g/mol. The van der Waals surface area contributed by atoms with Crippen LogP contribution >= 0.6 is 12.2 Å². The Morgan fingerprint density at radius 1 is 0.714 bits per heavy atom. The van der Waals surface area contributed by atoms with Gasteiger partial charge in [-0.25, -0.2) is 14.8 Å². The molecule has 0 bridgehead atoms. The molecule has 5 atom stereocenters. The van der Waals surface area contributed by atoms with Crippen molar-refractivity contribution in [3.05, 3.63) is 87.5 Å². The number of hydrogen-bond donors (Lipinski definition) is 13. The number of amides is 2. The number of aromatic amines is 1. The van der Waals surface area contributed by atoms with Crippen molar-refractivity contribution in [1.29, 1.82) is 0 Å². The van der Waals surface area contributed by atoms with Gasteiger partial charge < -0.3 is 69.9 Å². The number of ketones is 2. The summed E-state index contributed by atoms with van der Waals surface area (Å²) in [5.41, 5.74) is 30.3. The van der Waals surface area contributed by atoms with Gasteiger partial charge in [-0.2, -0.15) is 4.98 Å². The highest BCUT2D eigenvalue weighted by Gasteiger charge is 2.32. The summed E-state index contributed by atoms with van der Waals surface area (Å²) in [5, 5.41) is 47.7. The second-order valence-corrected chi connectivity index (χ2v) is 23.3. The van der Waals surface area contributed by atoms with Crippen molar-refractivity contribution in [2.24, 2.45) is 44.8 Å². The minimum absolute atomic E-state index is 0.00213. The SMILES string of the molecule is CN1CCN(CC(=O)O)CCN(CC(=O)O)C(Cc2ccc(CC(=S)CCCCC[C@H](CC(=O)[C@H](CCCN=C(N)N)NC(=O)[C@H](CCCN=C(N)N)CC(=O)CC[C@H](NC(=O)c3ccc(NCc4cnc5nc(N)[nH]c(=O)c5n4)cc3)C(=O)O)C(=O)O)cc2)C1. The number of likely N-dealkylation sites (N-methyl/N-ethyl adjacent to an activating group) is 1. The quantitative estimate of drug-likeness (QED) is 0.0128. The van der Waals surface area contributed by atoms with Crippen LogP contribution in [0.5, 0.6) is 0 Å². The minimum atomic E-state index is -1.50. The molecule has 0 saturated carbocycles. The number of carboxylic acids is 4. The Kier molecular flexibility index (Phi) is 29.7. The molecular weight excluding hydrogens is 1200 g/mol. The van der Waals surface area contributed by atoms with Crippen molar-refractivity contribution in [3.8, 4) is 0 Å². The van der Waals surface area contributed by atoms with Crippen molar-refractivity contribution in [3.63, 3.8) is 0 Å². The number of aromatic nitrogens is 4. The molecule has 0 radical (unpaired) electrons. The molecule has 0 spiro atoms. The first kappa shape index (κ1) is 72.7. The Bertz CT molecular complexity index is 3270. The van der Waals surface area contributed by atoms with Crippen LogP contribution in [0.15, 0.2) is 69.5 Å². The van der Waals surface area contributed by atoms with Gasteiger partial charge in [0.15, 0.2) is 28.9 Å². The minimum Gasteiger partial charge on any atom is -0.481 e. The maximum atomic E-state index is 14.1. The summed E-state index contributed by atoms with van der Waals surface area (Å²) in [6.45, 7) is 2.69. The number of nitrogens with one attached hydrogen (secondary N) is 4. The number of carboxylic acid groups (broad SMARTS) is 4. The molecule has 3 heterocycles. The van der Waals surface area contributed by atoms with E-state index < -0.39 is 83.2 Å². The first-order chi connectivity index (χ1) is 43.3. The van der Waals surface area contributed by atoms with Gasteiger partial charge in [-0.1, -0.05) is 49.3 Å². The third-order valence-electron chi connectivity index (χ3n) is 15.4. The summed E-state index contributed by atoms with van der Waals surface area (Å²) in [6, 6.07) is 11.3. The van der Waals surface area contributed by atoms with Crippen molar-refractivity contribution < 1.29 is 58.8 Å². The zero-order valence-electron chi connectivity index (χ0n) is 51.1. The molecule has 31 heteroatoms. The molecule has 2 aromatic heterocycles. The number of anilines is 2. The number of carbonyl (C=O) groups is 8. The van der Waals surface area contributed by atoms with Crippen molar-refractivity contribution in [2.45, 2.75) is 121 Å². The number of aliphatic carboxylic acids is 4. The number of Topliss-reactive ketones (excluding diaryl/α,β-unsaturated/α-hetero) is 2. The number of nitrogens with two attached hydrogens (primary N) is 5. The van der Waals surface area contributed by atoms with Gasteiger partial charge >= 0.3 is 23.9 Å². The Morgan fingerprint density at radius 3 is 2.01 bits per heavy atom. The van der Waals surface area contributed by atoms with Gasteiger partial charge in [0.1, 0.15) is 11.8 Å². The summed E-state index contributed by atoms with van der Waals surface area (Å²) in [6.07, 6.45) is 4.17. The predicted molar refractivity (Wildman–Crippen MR) is 344 cm³/mol. The molecule has 91 heavy (non-hydrogen) atoms. The number of carbonyl (C=O) groups excluding carboxylic acids is 4. The number of H-pyrrole nitrogens is 1. The Balaban J connectivity index is 1.12. The van der Waals surface area contributed by atoms with Crippen LogP contribution in [0, 0.1) is 11.8 Å². The Labute approximate surface area is 531 Å². The lowest BCUT2D eigenvalue weighted by Gasteiger charge is -2.32. The zero-order chi connectivity index (χ0) is 66.6. The van der Waals surface area contributed by atoms with Crippen LogP contribution in [-0.2, 0) is 52.9 Å². The molecule has 4 aromatic rings. The number of thiocarbonyl (C=S) groups is 1. The molecule has 1 fully saturated rings. The molecule has 1 aliphatic rings. The number of rotatable bonds is 39. The van der Waals surface area contributed by atoms with Crippen LogP contribution in [0.2, 0.25) is 0 Å². The van der Waals surface area contributed by atoms with Gasteiger partial charge in [-0.3, -0.25) is 63.1 Å². The van der Waals surface area contributed by atoms with Gasteiger partial charge in [-0.05, 0) is 105 Å². The molecule has 1 saturated heterocycles. The fourth-order valence-electron chi connectivity index (χ4n) is 10.5. The van der Waals surface area contributed by atoms with Crippen LogP contribution in [0.3, 0.4) is 0 Å². The first-order valence-electron chi connectivity index (χ1n) is 30.1. The van der Waals surface area contributed by atoms with E-state index in [4.69, 9.17) is 40.9 Å². The van der Waals surface area contributed by atoms with Gasteiger partial charge in [-0.15, -0.1) is 0 Å². The molecular formula is C60H85N17O13S. The van der Waals surface area contributed by atoms with Gasteiger partial charge in [0.25, 0.3) is 11.5 Å². The average molecular weight is 1280 g/mol. The summed E-state index contributed by atoms with van der Waals surface area (Å²) >= 11 is 5.75. The number of benzene rings is 2. The van der Waals surface area contributed by atoms with Gasteiger partial charge in [0.2, 0.25) is 11.9 Å². The number of nitrogen functional groups attached to an aromatic ring is 1. The van der Waals surface area contributed by atoms with Crippen LogP contribution in [0.1, 0.15) is 111 Å². The molecule has 0 aliphatic carbocycles. The Morgan fingerprint density at radius 2 is 1.36 bits per heavy atom. The average Bonchev–Trinajstić information content (AvgIpc) is 1.23. The van der Waals surface area contributed by atoms with Crippen LogP contribution < -0.4 is 50.2 Å². The van der Waals surface area contributed by atoms with Crippen molar-refractivity contribution in [1.82, 2.24) is 45.3 Å². The molecule has 18 N–H and O–H groups in total. The van der Waals surface area contributed by atoms with Crippen LogP contribution in [0.4, 0.5) is 11.6 Å². The molecule has 494 valence electrons. The summed E-state index contributed by atoms with van der Waals surface area (Å²) in [4.78, 5) is 145. The van der Waals surface area contributed by atoms with E-state index in [0.717, 1.165) is 16.0 Å². The maximum absolute atomic E-state index is 14.1. The lowest BCUT2D eigenvalue weighted by Crippen LogP contribution is -2.47. The van der Waals surface area contributed by atoms with Gasteiger partial charge in [0.05, 0.1) is 43.5 Å². The molecule has 30 nitrogen and oxygen atoms in total. The highest BCUT2D eigenvalue weighted by Crippen LogP contribution is 2.22. The number of unbranched alkanes of at least 4 members (excludes halogenated alkanes) is 2. The lowest BCUT2D eigenvalue weighted by atomic mass is 9.90. The van der Waals surface area contributed by atoms with Crippen LogP contribution in [-0.4, -0.2) is 203 Å². The van der Waals surface area contributed by atoms with E-state index in [1.807, 2.05) is 41.1 Å². The largest absolute Gasteiger partial charge is 0.481 e. The third-order valence-corrected chi connectivity index (χ3v) is 15.7. The van der Waals surface area contributed by atoms with Gasteiger partial charge in [0, 0.05) is 94.7 Å². The maximum Gasteiger partial charge on any atom is 0.326 e. The lowest BCUT2D eigenvalue weighted by molar-refractivity contribution is -0.144. The van der Waals surface area contributed by atoms with E-state index in [1.54, 1.807) is 12.1 Å². The van der Waals surface area contributed by atoms with Crippen molar-refractivity contribution >= 4 is 99.1 Å². The van der Waals surface area contributed by atoms with E-state index in [2.05, 4.69) is 50.8 Å². The predicted octanol–water partition coefficient (Wildman–Crippen LogP) is 0.891. The zero-order valence-corrected chi connectivity index (χ0v) is 51.9. The number of fused-ring (bicyclic) bond motifs is 1. The molecule has 5 rings (SSSR count). The first-order valence-corrected chi connectivity index (χ1v) is 30.5. The summed E-state index contributed by atoms with van der Waals surface area (Å²) < 4.78 is 0. The second-order valence-electron chi connectivity index (χ2n) is 22.7. The molecule has 1 unspecified atom stereocenters. The number of guanidine groups is 2. The highest BCUT2D eigenvalue weighted by atomic mass is 32.1. The number of hydrogen-bond acceptors (Lipinski definition) is 20.